The number of aliphatic hydroxyl groups excluding tert-OH is 1. The van der Waals surface area contributed by atoms with E-state index in [-0.39, 0.29) is 10.6 Å². The summed E-state index contributed by atoms with van der Waals surface area (Å²) in [6.07, 6.45) is -0.661. The first-order chi connectivity index (χ1) is 8.88. The number of hydrogen-bond acceptors (Lipinski definition) is 6. The van der Waals surface area contributed by atoms with Crippen LogP contribution in [0.2, 0.25) is 0 Å². The summed E-state index contributed by atoms with van der Waals surface area (Å²) in [5.41, 5.74) is 0.118. The molecular formula is C12H18N2O3S2. The van der Waals surface area contributed by atoms with Gasteiger partial charge in [0.15, 0.2) is 5.00 Å². The molecule has 1 N–H and O–H groups in total. The second-order valence-electron chi connectivity index (χ2n) is 4.93. The molecule has 0 bridgehead atoms. The molecular weight excluding hydrogens is 284 g/mol. The van der Waals surface area contributed by atoms with Crippen LogP contribution in [0.3, 0.4) is 0 Å². The van der Waals surface area contributed by atoms with Crippen molar-refractivity contribution < 1.29 is 10.0 Å². The number of aliphatic hydroxyl groups is 1. The van der Waals surface area contributed by atoms with Crippen LogP contribution in [-0.2, 0) is 0 Å². The lowest BCUT2D eigenvalue weighted by Gasteiger charge is -2.34. The van der Waals surface area contributed by atoms with Crippen LogP contribution in [0, 0.1) is 10.1 Å². The predicted molar refractivity (Wildman–Crippen MR) is 80.3 cm³/mol. The molecule has 2 unspecified atom stereocenters. The van der Waals surface area contributed by atoms with Gasteiger partial charge in [0.1, 0.15) is 0 Å². The molecule has 0 spiro atoms. The number of anilines is 1. The maximum Gasteiger partial charge on any atom is 0.304 e. The first-order valence-electron chi connectivity index (χ1n) is 6.25. The van der Waals surface area contributed by atoms with Crippen molar-refractivity contribution in [3.63, 3.8) is 0 Å². The Labute approximate surface area is 120 Å². The van der Waals surface area contributed by atoms with Crippen LogP contribution in [-0.4, -0.2) is 33.6 Å². The number of nitrogens with zero attached hydrogens (tertiary/aromatic N) is 2. The molecule has 1 fully saturated rings. The minimum Gasteiger partial charge on any atom is -0.388 e. The maximum atomic E-state index is 11.2. The Hall–Kier alpha value is -0.790. The lowest BCUT2D eigenvalue weighted by Crippen LogP contribution is -2.40. The summed E-state index contributed by atoms with van der Waals surface area (Å²) in [7, 11) is 0. The molecule has 1 aromatic rings. The third kappa shape index (κ3) is 3.21. The molecule has 2 heterocycles. The molecule has 5 nitrogen and oxygen atoms in total. The van der Waals surface area contributed by atoms with Crippen LogP contribution in [0.5, 0.6) is 0 Å². The molecule has 19 heavy (non-hydrogen) atoms. The number of thiophene rings is 1. The average Bonchev–Trinajstić information content (AvgIpc) is 2.72. The molecule has 106 valence electrons. The van der Waals surface area contributed by atoms with Crippen molar-refractivity contribution >= 4 is 33.8 Å². The molecule has 0 saturated carbocycles. The lowest BCUT2D eigenvalue weighted by molar-refractivity contribution is -0.383. The molecule has 7 heteroatoms. The van der Waals surface area contributed by atoms with E-state index in [1.165, 1.54) is 17.4 Å². The SMILES string of the molecule is CC1CN(c2sc([C@@H](C)O)cc2[N+](=O)[O-])CC(C)S1. The van der Waals surface area contributed by atoms with Crippen LogP contribution in [0.15, 0.2) is 6.07 Å². The van der Waals surface area contributed by atoms with Gasteiger partial charge in [-0.25, -0.2) is 0 Å². The van der Waals surface area contributed by atoms with Crippen molar-refractivity contribution in [2.24, 2.45) is 0 Å². The number of rotatable bonds is 3. The van der Waals surface area contributed by atoms with E-state index in [1.807, 2.05) is 11.8 Å². The monoisotopic (exact) mass is 302 g/mol. The van der Waals surface area contributed by atoms with Gasteiger partial charge in [0, 0.05) is 34.5 Å². The van der Waals surface area contributed by atoms with E-state index in [0.717, 1.165) is 13.1 Å². The van der Waals surface area contributed by atoms with Gasteiger partial charge in [0.2, 0.25) is 0 Å². The van der Waals surface area contributed by atoms with E-state index in [9.17, 15) is 15.2 Å². The third-order valence-electron chi connectivity index (χ3n) is 3.03. The van der Waals surface area contributed by atoms with Crippen LogP contribution in [0.1, 0.15) is 31.8 Å². The Morgan fingerprint density at radius 1 is 1.47 bits per heavy atom. The lowest BCUT2D eigenvalue weighted by atomic mass is 10.3. The summed E-state index contributed by atoms with van der Waals surface area (Å²) < 4.78 is 0. The molecule has 1 saturated heterocycles. The van der Waals surface area contributed by atoms with Crippen molar-refractivity contribution in [1.29, 1.82) is 0 Å². The Bertz CT molecular complexity index is 466. The Balaban J connectivity index is 2.34. The Kier molecular flexibility index (Phi) is 4.37. The second kappa shape index (κ2) is 5.68. The van der Waals surface area contributed by atoms with E-state index in [0.29, 0.717) is 20.4 Å². The first-order valence-corrected chi connectivity index (χ1v) is 8.01. The van der Waals surface area contributed by atoms with E-state index in [1.54, 1.807) is 6.92 Å². The summed E-state index contributed by atoms with van der Waals surface area (Å²) in [5.74, 6) is 0. The largest absolute Gasteiger partial charge is 0.388 e. The van der Waals surface area contributed by atoms with Crippen LogP contribution >= 0.6 is 23.1 Å². The highest BCUT2D eigenvalue weighted by atomic mass is 32.2. The molecule has 2 rings (SSSR count). The van der Waals surface area contributed by atoms with Gasteiger partial charge in [-0.3, -0.25) is 10.1 Å². The summed E-state index contributed by atoms with van der Waals surface area (Å²) in [6, 6.07) is 1.50. The Morgan fingerprint density at radius 3 is 2.53 bits per heavy atom. The number of thioether (sulfide) groups is 1. The molecule has 1 aliphatic heterocycles. The molecule has 0 aromatic carbocycles. The standard InChI is InChI=1S/C12H18N2O3S2/c1-7-5-13(6-8(2)18-7)12-10(14(16)17)4-11(19-12)9(3)15/h4,7-9,15H,5-6H2,1-3H3/t7?,8?,9-/m1/s1. The molecule has 0 aliphatic carbocycles. The van der Waals surface area contributed by atoms with Crippen molar-refractivity contribution in [2.75, 3.05) is 18.0 Å². The third-order valence-corrected chi connectivity index (χ3v) is 5.61. The molecule has 0 radical (unpaired) electrons. The topological polar surface area (TPSA) is 66.6 Å². The number of hydrogen-bond donors (Lipinski definition) is 1. The summed E-state index contributed by atoms with van der Waals surface area (Å²) in [4.78, 5) is 13.5. The predicted octanol–water partition coefficient (Wildman–Crippen LogP) is 3.04. The van der Waals surface area contributed by atoms with E-state index in [4.69, 9.17) is 0 Å². The highest BCUT2D eigenvalue weighted by molar-refractivity contribution is 8.00. The average molecular weight is 302 g/mol. The first kappa shape index (κ1) is 14.6. The van der Waals surface area contributed by atoms with Gasteiger partial charge in [0.25, 0.3) is 0 Å². The van der Waals surface area contributed by atoms with Crippen molar-refractivity contribution in [1.82, 2.24) is 0 Å². The molecule has 3 atom stereocenters. The Morgan fingerprint density at radius 2 is 2.05 bits per heavy atom. The zero-order valence-corrected chi connectivity index (χ0v) is 12.8. The highest BCUT2D eigenvalue weighted by Gasteiger charge is 2.30. The van der Waals surface area contributed by atoms with Gasteiger partial charge in [-0.15, -0.1) is 11.3 Å². The fourth-order valence-electron chi connectivity index (χ4n) is 2.30. The number of nitro groups is 1. The zero-order valence-electron chi connectivity index (χ0n) is 11.2. The van der Waals surface area contributed by atoms with Gasteiger partial charge >= 0.3 is 5.69 Å². The smallest absolute Gasteiger partial charge is 0.304 e. The van der Waals surface area contributed by atoms with Crippen molar-refractivity contribution in [2.45, 2.75) is 37.4 Å². The second-order valence-corrected chi connectivity index (χ2v) is 7.88. The fourth-order valence-corrected chi connectivity index (χ4v) is 4.70. The van der Waals surface area contributed by atoms with E-state index < -0.39 is 6.10 Å². The minimum absolute atomic E-state index is 0.118. The van der Waals surface area contributed by atoms with Gasteiger partial charge in [-0.1, -0.05) is 13.8 Å². The maximum absolute atomic E-state index is 11.2. The van der Waals surface area contributed by atoms with E-state index in [2.05, 4.69) is 18.7 Å². The van der Waals surface area contributed by atoms with Crippen LogP contribution < -0.4 is 4.90 Å². The van der Waals surface area contributed by atoms with Crippen LogP contribution in [0.25, 0.3) is 0 Å². The zero-order chi connectivity index (χ0) is 14.2. The highest BCUT2D eigenvalue weighted by Crippen LogP contribution is 2.42. The van der Waals surface area contributed by atoms with Crippen molar-refractivity contribution in [3.05, 3.63) is 21.1 Å². The van der Waals surface area contributed by atoms with Crippen LogP contribution in [0.4, 0.5) is 10.7 Å². The summed E-state index contributed by atoms with van der Waals surface area (Å²) in [5, 5.41) is 22.4. The summed E-state index contributed by atoms with van der Waals surface area (Å²) in [6.45, 7) is 7.55. The quantitative estimate of drug-likeness (QED) is 0.686. The molecule has 1 aliphatic rings. The van der Waals surface area contributed by atoms with Gasteiger partial charge in [-0.05, 0) is 6.92 Å². The summed E-state index contributed by atoms with van der Waals surface area (Å²) >= 11 is 3.24. The van der Waals surface area contributed by atoms with Crippen molar-refractivity contribution in [3.8, 4) is 0 Å². The van der Waals surface area contributed by atoms with Gasteiger partial charge < -0.3 is 10.0 Å². The normalized spacial score (nSPS) is 25.4. The molecule has 1 aromatic heterocycles. The fraction of sp³-hybridized carbons (Fsp3) is 0.667. The molecule has 0 amide bonds. The van der Waals surface area contributed by atoms with E-state index >= 15 is 0 Å². The van der Waals surface area contributed by atoms with Gasteiger partial charge in [0.05, 0.1) is 11.0 Å². The van der Waals surface area contributed by atoms with Gasteiger partial charge in [-0.2, -0.15) is 11.8 Å². The minimum atomic E-state index is -0.661.